The van der Waals surface area contributed by atoms with Gasteiger partial charge in [0.1, 0.15) is 0 Å². The molecule has 0 spiro atoms. The number of nitrogens with zero attached hydrogens (tertiary/aromatic N) is 2. The van der Waals surface area contributed by atoms with Crippen molar-refractivity contribution in [2.45, 2.75) is 32.8 Å². The summed E-state index contributed by atoms with van der Waals surface area (Å²) >= 11 is 7.92. The van der Waals surface area contributed by atoms with E-state index >= 15 is 0 Å². The van der Waals surface area contributed by atoms with Gasteiger partial charge in [-0.2, -0.15) is 0 Å². The van der Waals surface area contributed by atoms with E-state index in [1.54, 1.807) is 18.1 Å². The molecule has 1 aliphatic rings. The van der Waals surface area contributed by atoms with Crippen LogP contribution in [0.4, 0.5) is 5.69 Å². The first-order valence-electron chi connectivity index (χ1n) is 11.9. The van der Waals surface area contributed by atoms with Gasteiger partial charge in [-0.15, -0.1) is 0 Å². The van der Waals surface area contributed by atoms with Crippen molar-refractivity contribution in [3.63, 3.8) is 0 Å². The molecular formula is C29H29ClN2O3S. The zero-order chi connectivity index (χ0) is 25.5. The molecule has 36 heavy (non-hydrogen) atoms. The van der Waals surface area contributed by atoms with Gasteiger partial charge in [0.15, 0.2) is 16.7 Å². The highest BCUT2D eigenvalue weighted by Crippen LogP contribution is 2.40. The molecule has 1 saturated heterocycles. The van der Waals surface area contributed by atoms with Gasteiger partial charge in [-0.3, -0.25) is 9.69 Å². The Kier molecular flexibility index (Phi) is 8.73. The summed E-state index contributed by atoms with van der Waals surface area (Å²) in [6.45, 7) is 4.56. The van der Waals surface area contributed by atoms with Crippen LogP contribution in [0.25, 0.3) is 6.08 Å². The first-order valence-corrected chi connectivity index (χ1v) is 13.1. The highest BCUT2D eigenvalue weighted by Gasteiger charge is 2.33. The lowest BCUT2D eigenvalue weighted by atomic mass is 10.1. The van der Waals surface area contributed by atoms with Crippen LogP contribution in [-0.4, -0.2) is 35.7 Å². The Morgan fingerprint density at radius 3 is 2.44 bits per heavy atom. The summed E-state index contributed by atoms with van der Waals surface area (Å²) in [4.78, 5) is 20.6. The topological polar surface area (TPSA) is 51.1 Å². The number of hydrogen-bond donors (Lipinski definition) is 0. The fraction of sp³-hybridized carbons (Fsp3) is 0.241. The highest BCUT2D eigenvalue weighted by atomic mass is 35.5. The lowest BCUT2D eigenvalue weighted by Crippen LogP contribution is -2.31. The van der Waals surface area contributed by atoms with Gasteiger partial charge in [0.05, 0.1) is 28.8 Å². The molecule has 3 aromatic rings. The molecule has 0 saturated carbocycles. The van der Waals surface area contributed by atoms with E-state index in [4.69, 9.17) is 26.1 Å². The maximum Gasteiger partial charge on any atom is 0.266 e. The number of methoxy groups -OCH3 is 1. The second-order valence-electron chi connectivity index (χ2n) is 8.40. The second kappa shape index (κ2) is 12.2. The Bertz CT molecular complexity index is 1260. The van der Waals surface area contributed by atoms with Gasteiger partial charge < -0.3 is 9.47 Å². The molecule has 3 aromatic carbocycles. The summed E-state index contributed by atoms with van der Waals surface area (Å²) in [5, 5.41) is 1.10. The van der Waals surface area contributed by atoms with Crippen molar-refractivity contribution in [2.24, 2.45) is 4.99 Å². The van der Waals surface area contributed by atoms with Crippen LogP contribution in [0.3, 0.4) is 0 Å². The number of carbonyl (C=O) groups is 1. The molecular weight excluding hydrogens is 492 g/mol. The van der Waals surface area contributed by atoms with Gasteiger partial charge in [-0.05, 0) is 73.0 Å². The van der Waals surface area contributed by atoms with Crippen molar-refractivity contribution in [1.29, 1.82) is 0 Å². The average Bonchev–Trinajstić information content (AvgIpc) is 3.18. The van der Waals surface area contributed by atoms with Crippen LogP contribution < -0.4 is 9.47 Å². The Hall–Kier alpha value is -3.22. The van der Waals surface area contributed by atoms with Crippen molar-refractivity contribution in [2.75, 3.05) is 13.7 Å². The van der Waals surface area contributed by atoms with E-state index in [2.05, 4.69) is 12.1 Å². The van der Waals surface area contributed by atoms with Crippen LogP contribution in [0, 0.1) is 0 Å². The molecule has 186 valence electrons. The zero-order valence-corrected chi connectivity index (χ0v) is 22.2. The van der Waals surface area contributed by atoms with Gasteiger partial charge >= 0.3 is 0 Å². The van der Waals surface area contributed by atoms with Crippen LogP contribution >= 0.6 is 23.4 Å². The van der Waals surface area contributed by atoms with Crippen LogP contribution in [-0.2, 0) is 11.2 Å². The average molecular weight is 521 g/mol. The minimum Gasteiger partial charge on any atom is -0.493 e. The number of amidine groups is 1. The number of halogens is 1. The summed E-state index contributed by atoms with van der Waals surface area (Å²) < 4.78 is 11.5. The maximum absolute atomic E-state index is 13.5. The van der Waals surface area contributed by atoms with Gasteiger partial charge in [0.2, 0.25) is 0 Å². The number of para-hydroxylation sites is 1. The molecule has 0 radical (unpaired) electrons. The number of benzene rings is 3. The van der Waals surface area contributed by atoms with E-state index in [9.17, 15) is 4.79 Å². The fourth-order valence-electron chi connectivity index (χ4n) is 3.66. The normalized spacial score (nSPS) is 16.6. The Morgan fingerprint density at radius 2 is 1.78 bits per heavy atom. The first kappa shape index (κ1) is 25.9. The molecule has 4 rings (SSSR count). The van der Waals surface area contributed by atoms with E-state index in [0.717, 1.165) is 24.1 Å². The lowest BCUT2D eigenvalue weighted by Gasteiger charge is -2.17. The van der Waals surface area contributed by atoms with Crippen LogP contribution in [0.15, 0.2) is 82.7 Å². The predicted molar refractivity (Wildman–Crippen MR) is 149 cm³/mol. The van der Waals surface area contributed by atoms with E-state index < -0.39 is 0 Å². The van der Waals surface area contributed by atoms with E-state index in [1.807, 2.05) is 74.5 Å². The summed E-state index contributed by atoms with van der Waals surface area (Å²) in [5.74, 6) is 0.960. The number of ether oxygens (including phenoxy) is 2. The summed E-state index contributed by atoms with van der Waals surface area (Å²) in [6.07, 6.45) is 3.41. The summed E-state index contributed by atoms with van der Waals surface area (Å²) in [5.41, 5.74) is 2.73. The van der Waals surface area contributed by atoms with Crippen LogP contribution in [0.1, 0.15) is 31.4 Å². The van der Waals surface area contributed by atoms with Crippen molar-refractivity contribution >= 4 is 46.2 Å². The minimum atomic E-state index is -0.0827. The highest BCUT2D eigenvalue weighted by molar-refractivity contribution is 8.18. The molecule has 0 aromatic heterocycles. The Labute approximate surface area is 221 Å². The minimum absolute atomic E-state index is 0.00231. The summed E-state index contributed by atoms with van der Waals surface area (Å²) in [6, 6.07) is 23.4. The molecule has 0 aliphatic carbocycles. The fourth-order valence-corrected chi connectivity index (χ4v) is 4.95. The van der Waals surface area contributed by atoms with E-state index in [-0.39, 0.29) is 12.0 Å². The van der Waals surface area contributed by atoms with Gasteiger partial charge in [0, 0.05) is 6.54 Å². The van der Waals surface area contributed by atoms with Crippen LogP contribution in [0.5, 0.6) is 11.5 Å². The van der Waals surface area contributed by atoms with Crippen molar-refractivity contribution in [1.82, 2.24) is 4.90 Å². The quantitative estimate of drug-likeness (QED) is 0.276. The number of hydrogen-bond acceptors (Lipinski definition) is 5. The Balaban J connectivity index is 1.65. The summed E-state index contributed by atoms with van der Waals surface area (Å²) in [7, 11) is 1.58. The third-order valence-corrected chi connectivity index (χ3v) is 7.07. The molecule has 5 nitrogen and oxygen atoms in total. The number of rotatable bonds is 9. The van der Waals surface area contributed by atoms with Crippen molar-refractivity contribution < 1.29 is 14.3 Å². The predicted octanol–water partition coefficient (Wildman–Crippen LogP) is 7.37. The molecule has 0 bridgehead atoms. The number of amides is 1. The lowest BCUT2D eigenvalue weighted by molar-refractivity contribution is -0.122. The van der Waals surface area contributed by atoms with Crippen molar-refractivity contribution in [3.8, 4) is 11.5 Å². The maximum atomic E-state index is 13.5. The van der Waals surface area contributed by atoms with Crippen LogP contribution in [0.2, 0.25) is 5.02 Å². The monoisotopic (exact) mass is 520 g/mol. The molecule has 1 atom stereocenters. The molecule has 7 heteroatoms. The van der Waals surface area contributed by atoms with E-state index in [1.165, 1.54) is 17.3 Å². The SMILES string of the molecule is CC[C@H](C)Oc1c(Cl)cc(/C=C2\SC(=Nc3ccccc3)N(CCc3ccccc3)C2=O)cc1OC. The molecule has 1 aliphatic heterocycles. The smallest absolute Gasteiger partial charge is 0.266 e. The first-order chi connectivity index (χ1) is 17.5. The van der Waals surface area contributed by atoms with Crippen molar-refractivity contribution in [3.05, 3.63) is 93.9 Å². The zero-order valence-electron chi connectivity index (χ0n) is 20.6. The standard InChI is InChI=1S/C29H29ClN2O3S/c1-4-20(2)35-27-24(30)17-22(18-25(27)34-3)19-26-28(33)32(16-15-21-11-7-5-8-12-21)29(36-26)31-23-13-9-6-10-14-23/h5-14,17-20H,4,15-16H2,1-3H3/b26-19-,31-29?/t20-/m0/s1. The molecule has 1 fully saturated rings. The molecule has 1 amide bonds. The third-order valence-electron chi connectivity index (χ3n) is 5.78. The third kappa shape index (κ3) is 6.31. The molecule has 0 unspecified atom stereocenters. The number of thioether (sulfide) groups is 1. The van der Waals surface area contributed by atoms with E-state index in [0.29, 0.717) is 33.1 Å². The Morgan fingerprint density at radius 1 is 1.08 bits per heavy atom. The molecule has 1 heterocycles. The number of carbonyl (C=O) groups excluding carboxylic acids is 1. The number of aliphatic imine (C=N–C) groups is 1. The molecule has 0 N–H and O–H groups in total. The van der Waals surface area contributed by atoms with Gasteiger partial charge in [-0.1, -0.05) is 67.1 Å². The largest absolute Gasteiger partial charge is 0.493 e. The van der Waals surface area contributed by atoms with Gasteiger partial charge in [0.25, 0.3) is 5.91 Å². The van der Waals surface area contributed by atoms with Gasteiger partial charge in [-0.25, -0.2) is 4.99 Å². The second-order valence-corrected chi connectivity index (χ2v) is 9.82.